The molecule has 0 aliphatic carbocycles. The average Bonchev–Trinajstić information content (AvgIpc) is 2.88. The Morgan fingerprint density at radius 2 is 1.72 bits per heavy atom. The van der Waals surface area contributed by atoms with Gasteiger partial charge in [-0.25, -0.2) is 13.8 Å². The molecule has 25 heavy (non-hydrogen) atoms. The number of hydrogen-bond acceptors (Lipinski definition) is 4. The number of rotatable bonds is 3. The number of aromatic nitrogens is 1. The van der Waals surface area contributed by atoms with Gasteiger partial charge in [-0.2, -0.15) is 0 Å². The van der Waals surface area contributed by atoms with E-state index in [1.165, 1.54) is 0 Å². The molecule has 0 aliphatic rings. The van der Waals surface area contributed by atoms with Crippen molar-refractivity contribution in [1.82, 2.24) is 4.98 Å². The van der Waals surface area contributed by atoms with E-state index in [-0.39, 0.29) is 16.2 Å². The molecule has 0 saturated carbocycles. The van der Waals surface area contributed by atoms with Crippen molar-refractivity contribution >= 4 is 32.6 Å². The first-order valence-corrected chi connectivity index (χ1v) is 7.46. The fourth-order valence-corrected chi connectivity index (χ4v) is 2.82. The molecule has 2 aromatic carbocycles. The highest BCUT2D eigenvalue weighted by Gasteiger charge is 2.31. The summed E-state index contributed by atoms with van der Waals surface area (Å²) in [5.74, 6) is -3.20. The second-order valence-electron chi connectivity index (χ2n) is 4.78. The molecular formula is C15H7F5N2O2S. The van der Waals surface area contributed by atoms with Gasteiger partial charge in [0.25, 0.3) is 5.91 Å². The second kappa shape index (κ2) is 6.28. The number of amides is 1. The van der Waals surface area contributed by atoms with E-state index >= 15 is 0 Å². The summed E-state index contributed by atoms with van der Waals surface area (Å²) in [4.78, 5) is 16.0. The molecule has 0 spiro atoms. The topological polar surface area (TPSA) is 51.2 Å². The molecule has 0 radical (unpaired) electrons. The van der Waals surface area contributed by atoms with Gasteiger partial charge in [0.15, 0.2) is 16.8 Å². The highest BCUT2D eigenvalue weighted by molar-refractivity contribution is 7.22. The first-order valence-electron chi connectivity index (χ1n) is 6.64. The second-order valence-corrected chi connectivity index (χ2v) is 5.81. The molecule has 3 rings (SSSR count). The van der Waals surface area contributed by atoms with Crippen LogP contribution in [0.4, 0.5) is 27.1 Å². The lowest BCUT2D eigenvalue weighted by Gasteiger charge is -2.09. The Morgan fingerprint density at radius 3 is 2.36 bits per heavy atom. The number of benzene rings is 2. The number of ether oxygens (including phenoxy) is 1. The van der Waals surface area contributed by atoms with Gasteiger partial charge in [-0.1, -0.05) is 11.3 Å². The maximum absolute atomic E-state index is 13.2. The predicted molar refractivity (Wildman–Crippen MR) is 80.6 cm³/mol. The Kier molecular flexibility index (Phi) is 4.29. The summed E-state index contributed by atoms with van der Waals surface area (Å²) in [5, 5.41) is 2.51. The number of alkyl halides is 3. The van der Waals surface area contributed by atoms with Crippen LogP contribution in [0.25, 0.3) is 10.2 Å². The minimum absolute atomic E-state index is 0.0612. The number of nitrogens with zero attached hydrogens (tertiary/aromatic N) is 1. The van der Waals surface area contributed by atoms with Gasteiger partial charge in [-0.15, -0.1) is 13.2 Å². The third-order valence-electron chi connectivity index (χ3n) is 3.00. The number of carbonyl (C=O) groups excluding carboxylic acids is 1. The number of nitrogens with one attached hydrogen (secondary N) is 1. The quantitative estimate of drug-likeness (QED) is 0.675. The van der Waals surface area contributed by atoms with E-state index in [0.717, 1.165) is 47.7 Å². The van der Waals surface area contributed by atoms with Gasteiger partial charge >= 0.3 is 6.36 Å². The number of anilines is 1. The molecule has 0 fully saturated rings. The van der Waals surface area contributed by atoms with Gasteiger partial charge in [-0.3, -0.25) is 10.1 Å². The Labute approximate surface area is 140 Å². The number of fused-ring (bicyclic) bond motifs is 1. The van der Waals surface area contributed by atoms with Crippen molar-refractivity contribution in [2.24, 2.45) is 0 Å². The van der Waals surface area contributed by atoms with E-state index in [1.807, 2.05) is 0 Å². The summed E-state index contributed by atoms with van der Waals surface area (Å²) in [6.07, 6.45) is -4.82. The Bertz CT molecular complexity index is 898. The van der Waals surface area contributed by atoms with Crippen molar-refractivity contribution in [3.05, 3.63) is 53.6 Å². The number of carbonyl (C=O) groups is 1. The van der Waals surface area contributed by atoms with Crippen molar-refractivity contribution < 1.29 is 31.5 Å². The fraction of sp³-hybridized carbons (Fsp3) is 0.0667. The Morgan fingerprint density at radius 1 is 1.08 bits per heavy atom. The molecule has 0 atom stereocenters. The summed E-state index contributed by atoms with van der Waals surface area (Å²) in [6.45, 7) is 0. The van der Waals surface area contributed by atoms with Crippen LogP contribution in [-0.4, -0.2) is 17.3 Å². The van der Waals surface area contributed by atoms with Crippen molar-refractivity contribution in [1.29, 1.82) is 0 Å². The van der Waals surface area contributed by atoms with Crippen LogP contribution in [0.1, 0.15) is 10.4 Å². The molecule has 1 aromatic heterocycles. The lowest BCUT2D eigenvalue weighted by molar-refractivity contribution is -0.274. The predicted octanol–water partition coefficient (Wildman–Crippen LogP) is 4.73. The van der Waals surface area contributed by atoms with Crippen LogP contribution in [0.3, 0.4) is 0 Å². The molecule has 0 saturated heterocycles. The molecular weight excluding hydrogens is 367 g/mol. The Balaban J connectivity index is 1.75. The molecule has 4 nitrogen and oxygen atoms in total. The third kappa shape index (κ3) is 4.02. The van der Waals surface area contributed by atoms with Crippen LogP contribution in [0.5, 0.6) is 5.75 Å². The smallest absolute Gasteiger partial charge is 0.406 e. The van der Waals surface area contributed by atoms with Crippen molar-refractivity contribution in [3.8, 4) is 5.75 Å². The molecule has 1 amide bonds. The first-order chi connectivity index (χ1) is 11.7. The monoisotopic (exact) mass is 374 g/mol. The van der Waals surface area contributed by atoms with E-state index in [4.69, 9.17) is 0 Å². The lowest BCUT2D eigenvalue weighted by Crippen LogP contribution is -2.17. The molecule has 1 heterocycles. The van der Waals surface area contributed by atoms with Crippen molar-refractivity contribution in [2.75, 3.05) is 5.32 Å². The summed E-state index contributed by atoms with van der Waals surface area (Å²) >= 11 is 0.931. The average molecular weight is 374 g/mol. The van der Waals surface area contributed by atoms with Crippen LogP contribution in [0, 0.1) is 11.6 Å². The van der Waals surface area contributed by atoms with Gasteiger partial charge in [0.1, 0.15) is 5.75 Å². The maximum atomic E-state index is 13.2. The zero-order valence-electron chi connectivity index (χ0n) is 12.0. The van der Waals surface area contributed by atoms with Gasteiger partial charge in [0.2, 0.25) is 0 Å². The molecule has 0 bridgehead atoms. The summed E-state index contributed by atoms with van der Waals surface area (Å²) in [5.41, 5.74) is 0.235. The van der Waals surface area contributed by atoms with Gasteiger partial charge in [-0.05, 0) is 30.3 Å². The largest absolute Gasteiger partial charge is 0.573 e. The van der Waals surface area contributed by atoms with Crippen LogP contribution in [-0.2, 0) is 0 Å². The summed E-state index contributed by atoms with van der Waals surface area (Å²) in [6, 6.07) is 6.13. The highest BCUT2D eigenvalue weighted by atomic mass is 32.1. The Hall–Kier alpha value is -2.75. The van der Waals surface area contributed by atoms with E-state index in [0.29, 0.717) is 4.70 Å². The minimum Gasteiger partial charge on any atom is -0.406 e. The first kappa shape index (κ1) is 17.1. The molecule has 0 unspecified atom stereocenters. The molecule has 0 aliphatic heterocycles. The fourth-order valence-electron chi connectivity index (χ4n) is 1.95. The standard InChI is InChI=1S/C15H7F5N2O2S/c16-9-5-11-12(6-10(9)17)25-14(21-11)22-13(23)7-1-3-8(4-2-7)24-15(18,19)20/h1-6H,(H,21,22,23). The SMILES string of the molecule is O=C(Nc1nc2cc(F)c(F)cc2s1)c1ccc(OC(F)(F)F)cc1. The highest BCUT2D eigenvalue weighted by Crippen LogP contribution is 2.28. The summed E-state index contributed by atoms with van der Waals surface area (Å²) < 4.78 is 66.6. The third-order valence-corrected chi connectivity index (χ3v) is 3.93. The lowest BCUT2D eigenvalue weighted by atomic mass is 10.2. The normalized spacial score (nSPS) is 11.6. The van der Waals surface area contributed by atoms with Crippen LogP contribution in [0.2, 0.25) is 0 Å². The van der Waals surface area contributed by atoms with E-state index in [9.17, 15) is 26.7 Å². The zero-order valence-corrected chi connectivity index (χ0v) is 12.8. The van der Waals surface area contributed by atoms with Crippen LogP contribution >= 0.6 is 11.3 Å². The van der Waals surface area contributed by atoms with E-state index in [2.05, 4.69) is 15.0 Å². The van der Waals surface area contributed by atoms with Crippen molar-refractivity contribution in [3.63, 3.8) is 0 Å². The van der Waals surface area contributed by atoms with Crippen molar-refractivity contribution in [2.45, 2.75) is 6.36 Å². The summed E-state index contributed by atoms with van der Waals surface area (Å²) in [7, 11) is 0. The molecule has 130 valence electrons. The van der Waals surface area contributed by atoms with E-state index in [1.54, 1.807) is 0 Å². The number of thiazole rings is 1. The van der Waals surface area contributed by atoms with Gasteiger partial charge in [0.05, 0.1) is 10.2 Å². The molecule has 10 heteroatoms. The van der Waals surface area contributed by atoms with E-state index < -0.39 is 29.7 Å². The minimum atomic E-state index is -4.82. The molecule has 3 aromatic rings. The molecule has 1 N–H and O–H groups in total. The van der Waals surface area contributed by atoms with Gasteiger partial charge < -0.3 is 4.74 Å². The number of hydrogen-bond donors (Lipinski definition) is 1. The van der Waals surface area contributed by atoms with Gasteiger partial charge in [0, 0.05) is 11.6 Å². The number of halogens is 5. The zero-order chi connectivity index (χ0) is 18.2. The van der Waals surface area contributed by atoms with Crippen LogP contribution < -0.4 is 10.1 Å². The maximum Gasteiger partial charge on any atom is 0.573 e. The van der Waals surface area contributed by atoms with Crippen LogP contribution in [0.15, 0.2) is 36.4 Å².